The van der Waals surface area contributed by atoms with Crippen LogP contribution in [0.4, 0.5) is 4.39 Å². The Morgan fingerprint density at radius 3 is 2.93 bits per heavy atom. The first-order valence-electron chi connectivity index (χ1n) is 3.88. The van der Waals surface area contributed by atoms with Crippen LogP contribution in [-0.2, 0) is 11.2 Å². The van der Waals surface area contributed by atoms with Crippen LogP contribution < -0.4 is 0 Å². The zero-order valence-electron chi connectivity index (χ0n) is 7.25. The molecular weight excluding hydrogens is 181 g/mol. The van der Waals surface area contributed by atoms with Crippen LogP contribution in [0.5, 0.6) is 0 Å². The molecule has 0 radical (unpaired) electrons. The lowest BCUT2D eigenvalue weighted by Gasteiger charge is -1.97. The van der Waals surface area contributed by atoms with E-state index in [2.05, 4.69) is 11.8 Å². The average Bonchev–Trinajstić information content (AvgIpc) is 2.19. The smallest absolute Gasteiger partial charge is 0.193 e. The summed E-state index contributed by atoms with van der Waals surface area (Å²) in [5.74, 6) is 4.00. The molecule has 0 aliphatic carbocycles. The lowest BCUT2D eigenvalue weighted by Crippen LogP contribution is -1.88. The van der Waals surface area contributed by atoms with Crippen LogP contribution >= 0.6 is 0 Å². The number of benzene rings is 1. The van der Waals surface area contributed by atoms with Gasteiger partial charge in [0, 0.05) is 0 Å². The Morgan fingerprint density at radius 1 is 1.50 bits per heavy atom. The summed E-state index contributed by atoms with van der Waals surface area (Å²) in [7, 11) is 0. The van der Waals surface area contributed by atoms with Crippen LogP contribution in [0.15, 0.2) is 18.2 Å². The molecule has 1 rings (SSSR count). The van der Waals surface area contributed by atoms with Crippen molar-refractivity contribution in [1.82, 2.24) is 0 Å². The number of nitriles is 1. The highest BCUT2D eigenvalue weighted by Crippen LogP contribution is 2.09. The largest absolute Gasteiger partial charge is 0.289 e. The lowest BCUT2D eigenvalue weighted by atomic mass is 10.1. The number of aldehydes is 1. The fourth-order valence-electron chi connectivity index (χ4n) is 0.977. The number of carbonyl (C=O) groups is 1. The van der Waals surface area contributed by atoms with Gasteiger partial charge in [-0.3, -0.25) is 4.79 Å². The molecule has 0 heterocycles. The third kappa shape index (κ3) is 2.43. The van der Waals surface area contributed by atoms with E-state index in [1.165, 1.54) is 18.2 Å². The van der Waals surface area contributed by atoms with Gasteiger partial charge < -0.3 is 0 Å². The second-order valence-corrected chi connectivity index (χ2v) is 2.54. The Balaban J connectivity index is 3.09. The molecule has 14 heavy (non-hydrogen) atoms. The third-order valence-corrected chi connectivity index (χ3v) is 1.58. The molecule has 0 amide bonds. The van der Waals surface area contributed by atoms with Crippen LogP contribution in [-0.4, -0.2) is 6.29 Å². The number of nitrogens with zero attached hydrogens (tertiary/aromatic N) is 1. The van der Waals surface area contributed by atoms with Gasteiger partial charge in [0.25, 0.3) is 0 Å². The molecule has 0 saturated heterocycles. The zero-order valence-corrected chi connectivity index (χ0v) is 7.25. The summed E-state index contributed by atoms with van der Waals surface area (Å²) in [6, 6.07) is 6.17. The Morgan fingerprint density at radius 2 is 2.29 bits per heavy atom. The molecule has 0 bridgehead atoms. The number of halogens is 1. The molecule has 1 aromatic rings. The monoisotopic (exact) mass is 187 g/mol. The van der Waals surface area contributed by atoms with Crippen molar-refractivity contribution in [2.24, 2.45) is 0 Å². The molecule has 0 N–H and O–H groups in total. The molecule has 0 fully saturated rings. The van der Waals surface area contributed by atoms with E-state index < -0.39 is 5.82 Å². The SMILES string of the molecule is N#CCc1ccc(F)c(C#CC=O)c1. The molecule has 0 atom stereocenters. The highest BCUT2D eigenvalue weighted by atomic mass is 19.1. The van der Waals surface area contributed by atoms with Gasteiger partial charge in [-0.15, -0.1) is 0 Å². The van der Waals surface area contributed by atoms with Crippen molar-refractivity contribution in [3.8, 4) is 17.9 Å². The summed E-state index contributed by atoms with van der Waals surface area (Å²) in [4.78, 5) is 9.95. The van der Waals surface area contributed by atoms with E-state index in [0.29, 0.717) is 11.8 Å². The maximum Gasteiger partial charge on any atom is 0.193 e. The van der Waals surface area contributed by atoms with E-state index in [4.69, 9.17) is 5.26 Å². The molecular formula is C11H6FNO. The van der Waals surface area contributed by atoms with Crippen molar-refractivity contribution in [2.45, 2.75) is 6.42 Å². The summed E-state index contributed by atoms with van der Waals surface area (Å²) in [5.41, 5.74) is 0.828. The van der Waals surface area contributed by atoms with Gasteiger partial charge in [0.15, 0.2) is 6.29 Å². The van der Waals surface area contributed by atoms with Crippen molar-refractivity contribution in [3.05, 3.63) is 35.1 Å². The first-order chi connectivity index (χ1) is 6.77. The van der Waals surface area contributed by atoms with E-state index in [-0.39, 0.29) is 12.0 Å². The Labute approximate surface area is 81.0 Å². The average molecular weight is 187 g/mol. The van der Waals surface area contributed by atoms with Gasteiger partial charge in [-0.1, -0.05) is 12.0 Å². The van der Waals surface area contributed by atoms with E-state index in [9.17, 15) is 9.18 Å². The Bertz CT molecular complexity index is 449. The van der Waals surface area contributed by atoms with E-state index in [0.717, 1.165) is 0 Å². The van der Waals surface area contributed by atoms with E-state index in [1.54, 1.807) is 0 Å². The number of carbonyl (C=O) groups excluding carboxylic acids is 1. The molecule has 0 aromatic heterocycles. The highest BCUT2D eigenvalue weighted by molar-refractivity contribution is 5.74. The van der Waals surface area contributed by atoms with Gasteiger partial charge in [-0.25, -0.2) is 4.39 Å². The normalized spacial score (nSPS) is 8.29. The van der Waals surface area contributed by atoms with Crippen molar-refractivity contribution >= 4 is 6.29 Å². The van der Waals surface area contributed by atoms with Crippen molar-refractivity contribution in [3.63, 3.8) is 0 Å². The topological polar surface area (TPSA) is 40.9 Å². The standard InChI is InChI=1S/C11H6FNO/c12-11-4-3-9(5-6-13)8-10(11)2-1-7-14/h3-4,7-8H,5H2. The Hall–Kier alpha value is -2.13. The Kier molecular flexibility index (Phi) is 3.41. The molecule has 0 spiro atoms. The first-order valence-corrected chi connectivity index (χ1v) is 3.88. The second kappa shape index (κ2) is 4.79. The first kappa shape index (κ1) is 9.95. The molecule has 3 heteroatoms. The fraction of sp³-hybridized carbons (Fsp3) is 0.0909. The van der Waals surface area contributed by atoms with Crippen LogP contribution in [0.3, 0.4) is 0 Å². The fourth-order valence-corrected chi connectivity index (χ4v) is 0.977. The predicted octanol–water partition coefficient (Wildman–Crippen LogP) is 1.44. The summed E-state index contributed by atoms with van der Waals surface area (Å²) in [6.45, 7) is 0. The summed E-state index contributed by atoms with van der Waals surface area (Å²) < 4.78 is 13.0. The lowest BCUT2D eigenvalue weighted by molar-refractivity contribution is -0.103. The number of rotatable bonds is 1. The highest BCUT2D eigenvalue weighted by Gasteiger charge is 2.00. The van der Waals surface area contributed by atoms with Gasteiger partial charge in [0.2, 0.25) is 0 Å². The predicted molar refractivity (Wildman–Crippen MR) is 48.7 cm³/mol. The summed E-state index contributed by atoms with van der Waals surface area (Å²) >= 11 is 0. The van der Waals surface area contributed by atoms with Gasteiger partial charge in [-0.05, 0) is 23.6 Å². The minimum atomic E-state index is -0.485. The van der Waals surface area contributed by atoms with Crippen LogP contribution in [0.2, 0.25) is 0 Å². The molecule has 0 aliphatic heterocycles. The maximum absolute atomic E-state index is 13.0. The number of hydrogen-bond acceptors (Lipinski definition) is 2. The minimum Gasteiger partial charge on any atom is -0.289 e. The quantitative estimate of drug-likeness (QED) is 0.493. The molecule has 0 unspecified atom stereocenters. The number of hydrogen-bond donors (Lipinski definition) is 0. The molecule has 0 saturated carbocycles. The molecule has 68 valence electrons. The zero-order chi connectivity index (χ0) is 10.4. The van der Waals surface area contributed by atoms with Gasteiger partial charge in [-0.2, -0.15) is 5.26 Å². The van der Waals surface area contributed by atoms with Crippen molar-refractivity contribution < 1.29 is 9.18 Å². The van der Waals surface area contributed by atoms with E-state index in [1.807, 2.05) is 6.07 Å². The van der Waals surface area contributed by atoms with Crippen molar-refractivity contribution in [1.29, 1.82) is 5.26 Å². The van der Waals surface area contributed by atoms with Gasteiger partial charge >= 0.3 is 0 Å². The summed E-state index contributed by atoms with van der Waals surface area (Å²) in [5, 5.41) is 8.42. The summed E-state index contributed by atoms with van der Waals surface area (Å²) in [6.07, 6.45) is 0.604. The third-order valence-electron chi connectivity index (χ3n) is 1.58. The molecule has 1 aromatic carbocycles. The van der Waals surface area contributed by atoms with E-state index >= 15 is 0 Å². The van der Waals surface area contributed by atoms with Crippen LogP contribution in [0, 0.1) is 29.0 Å². The van der Waals surface area contributed by atoms with Gasteiger partial charge in [0.1, 0.15) is 5.82 Å². The second-order valence-electron chi connectivity index (χ2n) is 2.54. The molecule has 0 aliphatic rings. The van der Waals surface area contributed by atoms with Crippen LogP contribution in [0.1, 0.15) is 11.1 Å². The van der Waals surface area contributed by atoms with Gasteiger partial charge in [0.05, 0.1) is 18.1 Å². The maximum atomic E-state index is 13.0. The minimum absolute atomic E-state index is 0.143. The van der Waals surface area contributed by atoms with Crippen molar-refractivity contribution in [2.75, 3.05) is 0 Å². The molecule has 2 nitrogen and oxygen atoms in total. The van der Waals surface area contributed by atoms with Crippen LogP contribution in [0.25, 0.3) is 0 Å².